The van der Waals surface area contributed by atoms with E-state index < -0.39 is 7.81 Å². The topological polar surface area (TPSA) is 16.6 Å². The van der Waals surface area contributed by atoms with Crippen LogP contribution in [0.2, 0.25) is 0 Å². The second kappa shape index (κ2) is 9.99. The molecule has 0 fully saturated rings. The van der Waals surface area contributed by atoms with E-state index in [0.717, 1.165) is 12.3 Å². The van der Waals surface area contributed by atoms with Gasteiger partial charge in [0.15, 0.2) is 0 Å². The summed E-state index contributed by atoms with van der Waals surface area (Å²) >= 11 is 4.27. The number of hydrogen-bond acceptors (Lipinski definition) is 1. The van der Waals surface area contributed by atoms with Gasteiger partial charge in [0.05, 0.1) is 6.54 Å². The third-order valence-corrected chi connectivity index (χ3v) is 4.74. The van der Waals surface area contributed by atoms with Gasteiger partial charge in [0, 0.05) is 5.56 Å². The van der Waals surface area contributed by atoms with E-state index in [1.165, 1.54) is 48.9 Å². The van der Waals surface area contributed by atoms with Crippen molar-refractivity contribution in [1.29, 1.82) is 0 Å². The Morgan fingerprint density at radius 3 is 1.50 bits per heavy atom. The van der Waals surface area contributed by atoms with Crippen LogP contribution in [-0.2, 0) is 17.4 Å². The number of hydrogen-bond donors (Lipinski definition) is 2. The molecule has 0 aromatic heterocycles. The molecule has 1 aromatic carbocycles. The van der Waals surface area contributed by atoms with E-state index in [1.807, 2.05) is 0 Å². The van der Waals surface area contributed by atoms with Gasteiger partial charge in [0.1, 0.15) is 6.54 Å². The van der Waals surface area contributed by atoms with Gasteiger partial charge in [-0.2, -0.15) is 12.6 Å². The molecule has 0 aliphatic rings. The minimum absolute atomic E-state index is 0.211. The molecule has 9 heteroatoms. The molecule has 0 saturated heterocycles. The fourth-order valence-corrected chi connectivity index (χ4v) is 2.92. The van der Waals surface area contributed by atoms with E-state index in [0.29, 0.717) is 0 Å². The number of unbranched alkanes of at least 4 members (excludes halogenated alkanes) is 3. The summed E-state index contributed by atoms with van der Waals surface area (Å²) in [6, 6.07) is 7.22. The van der Waals surface area contributed by atoms with Gasteiger partial charge in [0.2, 0.25) is 0 Å². The average molecular weight is 482 g/mol. The van der Waals surface area contributed by atoms with Crippen molar-refractivity contribution >= 4 is 20.4 Å². The van der Waals surface area contributed by atoms with Crippen molar-refractivity contribution in [2.75, 3.05) is 12.3 Å². The Morgan fingerprint density at radius 2 is 1.13 bits per heavy atom. The van der Waals surface area contributed by atoms with Crippen LogP contribution >= 0.6 is 20.4 Å². The number of nitrogens with two attached hydrogens (primary N) is 1. The monoisotopic (exact) mass is 481 g/mol. The molecule has 1 aromatic rings. The number of thiol groups is 1. The summed E-state index contributed by atoms with van der Waals surface area (Å²) < 4.78 is 59.2. The summed E-state index contributed by atoms with van der Waals surface area (Å²) in [6.07, 6.45) is 5.24. The third kappa shape index (κ3) is 18.3. The first-order valence-corrected chi connectivity index (χ1v) is 12.9. The van der Waals surface area contributed by atoms with Crippen LogP contribution in [0.25, 0.3) is 0 Å². The first kappa shape index (κ1) is 29.5. The molecule has 0 aliphatic carbocycles. The van der Waals surface area contributed by atoms with Crippen LogP contribution in [0.1, 0.15) is 83.9 Å². The van der Waals surface area contributed by atoms with Gasteiger partial charge in [-0.3, -0.25) is 0 Å². The maximum atomic E-state index is 9.87. The van der Waals surface area contributed by atoms with Gasteiger partial charge in [-0.05, 0) is 59.1 Å². The minimum atomic E-state index is -10.7. The van der Waals surface area contributed by atoms with Crippen molar-refractivity contribution in [3.63, 3.8) is 0 Å². The number of benzene rings is 1. The van der Waals surface area contributed by atoms with Crippen LogP contribution < -0.4 is 5.32 Å². The van der Waals surface area contributed by atoms with E-state index in [1.54, 1.807) is 0 Å². The molecule has 0 amide bonds. The summed E-state index contributed by atoms with van der Waals surface area (Å²) in [5.74, 6) is 1.03. The zero-order chi connectivity index (χ0) is 23.9. The zero-order valence-electron chi connectivity index (χ0n) is 18.9. The molecular weight excluding hydrogens is 443 g/mol. The molecule has 30 heavy (non-hydrogen) atoms. The van der Waals surface area contributed by atoms with Crippen molar-refractivity contribution in [2.24, 2.45) is 0 Å². The molecule has 180 valence electrons. The Bertz CT molecular complexity index is 617. The Kier molecular flexibility index (Phi) is 9.84. The molecule has 2 N–H and O–H groups in total. The number of halogens is 6. The molecular formula is C21H38F6NPS. The predicted molar refractivity (Wildman–Crippen MR) is 120 cm³/mol. The summed E-state index contributed by atoms with van der Waals surface area (Å²) in [5, 5.41) is 2.47. The predicted octanol–water partition coefficient (Wildman–Crippen LogP) is 8.22. The van der Waals surface area contributed by atoms with Crippen molar-refractivity contribution in [1.82, 2.24) is 0 Å². The molecule has 0 saturated carbocycles. The molecule has 0 atom stereocenters. The standard InChI is InChI=1S/C21H37NS.F6P/c1-20(2,3)18-13-17(14-19(15-18)21(4,5)6)16-22-11-9-7-8-10-12-23;1-7(2,3,4,5)6/h13-15,22-23H,7-12,16H2,1-6H3;/q;-1/p+1. The Balaban J connectivity index is 0.00000103. The van der Waals surface area contributed by atoms with Gasteiger partial charge in [-0.15, -0.1) is 0 Å². The average Bonchev–Trinajstić information content (AvgIpc) is 2.49. The second-order valence-corrected chi connectivity index (χ2v) is 12.2. The molecule has 0 aliphatic heterocycles. The normalized spacial score (nSPS) is 15.1. The van der Waals surface area contributed by atoms with Crippen LogP contribution in [0.4, 0.5) is 25.2 Å². The van der Waals surface area contributed by atoms with Gasteiger partial charge in [0.25, 0.3) is 0 Å². The van der Waals surface area contributed by atoms with Crippen LogP contribution in [0.3, 0.4) is 0 Å². The Morgan fingerprint density at radius 1 is 0.733 bits per heavy atom. The van der Waals surface area contributed by atoms with E-state index in [9.17, 15) is 25.2 Å². The van der Waals surface area contributed by atoms with Crippen LogP contribution in [0, 0.1) is 0 Å². The van der Waals surface area contributed by atoms with Gasteiger partial charge in [-0.25, -0.2) is 0 Å². The molecule has 0 heterocycles. The van der Waals surface area contributed by atoms with Crippen LogP contribution in [0.5, 0.6) is 0 Å². The van der Waals surface area contributed by atoms with E-state index in [2.05, 4.69) is 77.7 Å². The maximum absolute atomic E-state index is 10.7. The van der Waals surface area contributed by atoms with Crippen LogP contribution in [0.15, 0.2) is 18.2 Å². The van der Waals surface area contributed by atoms with Crippen molar-refractivity contribution in [2.45, 2.75) is 84.6 Å². The summed E-state index contributed by atoms with van der Waals surface area (Å²) in [6.45, 7) is 16.2. The van der Waals surface area contributed by atoms with Gasteiger partial charge in [-0.1, -0.05) is 54.0 Å². The molecule has 1 rings (SSSR count). The number of rotatable bonds is 8. The quantitative estimate of drug-likeness (QED) is 0.161. The summed E-state index contributed by atoms with van der Waals surface area (Å²) in [7, 11) is -10.7. The summed E-state index contributed by atoms with van der Waals surface area (Å²) in [4.78, 5) is 0. The Hall–Kier alpha value is -0.460. The van der Waals surface area contributed by atoms with Crippen molar-refractivity contribution in [3.05, 3.63) is 34.9 Å². The fourth-order valence-electron chi connectivity index (χ4n) is 2.70. The first-order valence-electron chi connectivity index (χ1n) is 10.2. The molecule has 1 nitrogen and oxygen atoms in total. The van der Waals surface area contributed by atoms with E-state index in [-0.39, 0.29) is 10.8 Å². The van der Waals surface area contributed by atoms with Crippen molar-refractivity contribution in [3.8, 4) is 0 Å². The van der Waals surface area contributed by atoms with Crippen molar-refractivity contribution < 1.29 is 30.5 Å². The molecule has 0 radical (unpaired) electrons. The van der Waals surface area contributed by atoms with E-state index >= 15 is 0 Å². The molecule has 0 bridgehead atoms. The van der Waals surface area contributed by atoms with Crippen LogP contribution in [-0.4, -0.2) is 12.3 Å². The third-order valence-electron chi connectivity index (χ3n) is 4.42. The molecule has 0 spiro atoms. The SMILES string of the molecule is CC(C)(C)c1cc(C[NH2+]CCCCCCS)cc(C(C)(C)C)c1.F[P-](F)(F)(F)(F)F. The summed E-state index contributed by atoms with van der Waals surface area (Å²) in [5.41, 5.74) is 4.81. The van der Waals surface area contributed by atoms with Gasteiger partial charge < -0.3 is 5.32 Å². The first-order chi connectivity index (χ1) is 13.1. The fraction of sp³-hybridized carbons (Fsp3) is 0.714. The number of quaternary nitrogens is 1. The van der Waals surface area contributed by atoms with E-state index in [4.69, 9.17) is 0 Å². The Labute approximate surface area is 183 Å². The molecule has 0 unspecified atom stereocenters. The zero-order valence-corrected chi connectivity index (χ0v) is 20.7. The second-order valence-electron chi connectivity index (χ2n) is 9.80. The van der Waals surface area contributed by atoms with Gasteiger partial charge >= 0.3 is 33.0 Å².